The molecular formula is C21H23F2N3O2S. The van der Waals surface area contributed by atoms with E-state index in [1.165, 1.54) is 6.07 Å². The van der Waals surface area contributed by atoms with Crippen molar-refractivity contribution in [2.24, 2.45) is 0 Å². The molecule has 0 saturated carbocycles. The second-order valence-corrected chi connectivity index (χ2v) is 8.09. The summed E-state index contributed by atoms with van der Waals surface area (Å²) in [5, 5.41) is 5.38. The molecular weight excluding hydrogens is 396 g/mol. The Hall–Kier alpha value is -2.61. The number of halogens is 2. The van der Waals surface area contributed by atoms with Crippen molar-refractivity contribution < 1.29 is 18.4 Å². The fourth-order valence-electron chi connectivity index (χ4n) is 3.03. The summed E-state index contributed by atoms with van der Waals surface area (Å²) in [7, 11) is 0. The van der Waals surface area contributed by atoms with Crippen molar-refractivity contribution in [3.63, 3.8) is 0 Å². The van der Waals surface area contributed by atoms with Crippen molar-refractivity contribution in [2.45, 2.75) is 19.4 Å². The van der Waals surface area contributed by atoms with Crippen LogP contribution >= 0.6 is 11.8 Å². The first kappa shape index (κ1) is 21.1. The molecule has 3 amide bonds. The molecule has 3 rings (SSSR count). The van der Waals surface area contributed by atoms with Crippen molar-refractivity contribution in [2.75, 3.05) is 29.9 Å². The van der Waals surface area contributed by atoms with Gasteiger partial charge in [-0.3, -0.25) is 4.79 Å². The van der Waals surface area contributed by atoms with Crippen LogP contribution in [0.2, 0.25) is 0 Å². The number of anilines is 1. The van der Waals surface area contributed by atoms with Gasteiger partial charge in [0.25, 0.3) is 0 Å². The Kier molecular flexibility index (Phi) is 7.09. The molecule has 1 aliphatic rings. The van der Waals surface area contributed by atoms with Gasteiger partial charge in [-0.15, -0.1) is 0 Å². The molecule has 0 aromatic heterocycles. The van der Waals surface area contributed by atoms with Crippen LogP contribution in [0.5, 0.6) is 0 Å². The molecule has 1 heterocycles. The van der Waals surface area contributed by atoms with Crippen LogP contribution in [0, 0.1) is 11.6 Å². The topological polar surface area (TPSA) is 61.4 Å². The number of benzene rings is 2. The van der Waals surface area contributed by atoms with Crippen LogP contribution in [0.15, 0.2) is 42.5 Å². The van der Waals surface area contributed by atoms with Crippen LogP contribution < -0.4 is 10.6 Å². The molecule has 0 bridgehead atoms. The van der Waals surface area contributed by atoms with E-state index < -0.39 is 23.7 Å². The van der Waals surface area contributed by atoms with Gasteiger partial charge < -0.3 is 15.5 Å². The van der Waals surface area contributed by atoms with E-state index in [4.69, 9.17) is 0 Å². The summed E-state index contributed by atoms with van der Waals surface area (Å²) in [5.41, 5.74) is 1.92. The van der Waals surface area contributed by atoms with Crippen molar-refractivity contribution in [1.29, 1.82) is 0 Å². The second kappa shape index (κ2) is 9.73. The van der Waals surface area contributed by atoms with E-state index in [-0.39, 0.29) is 5.91 Å². The molecule has 0 aliphatic carbocycles. The Balaban J connectivity index is 1.51. The lowest BCUT2D eigenvalue weighted by molar-refractivity contribution is -0.130. The van der Waals surface area contributed by atoms with Gasteiger partial charge in [-0.1, -0.05) is 18.2 Å². The number of thioether (sulfide) groups is 1. The maximum absolute atomic E-state index is 13.3. The molecule has 1 unspecified atom stereocenters. The maximum Gasteiger partial charge on any atom is 0.319 e. The van der Waals surface area contributed by atoms with Crippen molar-refractivity contribution in [3.8, 4) is 0 Å². The lowest BCUT2D eigenvalue weighted by atomic mass is 10.1. The van der Waals surface area contributed by atoms with E-state index >= 15 is 0 Å². The second-order valence-electron chi connectivity index (χ2n) is 6.86. The van der Waals surface area contributed by atoms with Gasteiger partial charge in [0.2, 0.25) is 5.91 Å². The van der Waals surface area contributed by atoms with Gasteiger partial charge in [-0.25, -0.2) is 13.6 Å². The van der Waals surface area contributed by atoms with Crippen molar-refractivity contribution in [3.05, 3.63) is 65.2 Å². The lowest BCUT2D eigenvalue weighted by Crippen LogP contribution is -2.38. The number of carbonyl (C=O) groups excluding carboxylic acids is 2. The normalized spacial score (nSPS) is 14.9. The standard InChI is InChI=1S/C21H23F2N3O2S/c1-14(16-4-7-18(22)19(23)13-16)24-21(28)25-17-5-2-15(3-6-17)12-20(27)26-8-10-29-11-9-26/h2-7,13-14H,8-12H2,1H3,(H2,24,25,28). The summed E-state index contributed by atoms with van der Waals surface area (Å²) in [4.78, 5) is 26.4. The van der Waals surface area contributed by atoms with E-state index in [1.54, 1.807) is 19.1 Å². The van der Waals surface area contributed by atoms with Crippen LogP contribution in [0.25, 0.3) is 0 Å². The molecule has 154 valence electrons. The minimum absolute atomic E-state index is 0.115. The monoisotopic (exact) mass is 419 g/mol. The van der Waals surface area contributed by atoms with E-state index in [0.717, 1.165) is 42.3 Å². The Morgan fingerprint density at radius 2 is 1.76 bits per heavy atom. The first-order valence-corrected chi connectivity index (χ1v) is 10.5. The molecule has 5 nitrogen and oxygen atoms in total. The van der Waals surface area contributed by atoms with Gasteiger partial charge in [-0.05, 0) is 42.3 Å². The molecule has 0 radical (unpaired) electrons. The van der Waals surface area contributed by atoms with Gasteiger partial charge in [-0.2, -0.15) is 11.8 Å². The molecule has 1 aliphatic heterocycles. The molecule has 29 heavy (non-hydrogen) atoms. The highest BCUT2D eigenvalue weighted by Gasteiger charge is 2.17. The highest BCUT2D eigenvalue weighted by atomic mass is 32.2. The van der Waals surface area contributed by atoms with E-state index in [2.05, 4.69) is 10.6 Å². The minimum Gasteiger partial charge on any atom is -0.341 e. The average molecular weight is 419 g/mol. The zero-order valence-corrected chi connectivity index (χ0v) is 16.9. The third-order valence-corrected chi connectivity index (χ3v) is 5.66. The van der Waals surface area contributed by atoms with Crippen LogP contribution in [0.3, 0.4) is 0 Å². The molecule has 2 aromatic carbocycles. The highest BCUT2D eigenvalue weighted by molar-refractivity contribution is 7.99. The number of hydrogen-bond acceptors (Lipinski definition) is 3. The fourth-order valence-corrected chi connectivity index (χ4v) is 3.94. The van der Waals surface area contributed by atoms with Crippen LogP contribution in [-0.4, -0.2) is 41.4 Å². The van der Waals surface area contributed by atoms with Crippen molar-refractivity contribution >= 4 is 29.4 Å². The lowest BCUT2D eigenvalue weighted by Gasteiger charge is -2.26. The van der Waals surface area contributed by atoms with E-state index in [9.17, 15) is 18.4 Å². The van der Waals surface area contributed by atoms with Crippen LogP contribution in [-0.2, 0) is 11.2 Å². The Morgan fingerprint density at radius 1 is 1.07 bits per heavy atom. The Bertz CT molecular complexity index is 871. The molecule has 1 saturated heterocycles. The molecule has 2 N–H and O–H groups in total. The quantitative estimate of drug-likeness (QED) is 0.771. The molecule has 2 aromatic rings. The predicted molar refractivity (Wildman–Crippen MR) is 111 cm³/mol. The zero-order chi connectivity index (χ0) is 20.8. The van der Waals surface area contributed by atoms with E-state index in [0.29, 0.717) is 17.7 Å². The summed E-state index contributed by atoms with van der Waals surface area (Å²) in [6.45, 7) is 3.26. The smallest absolute Gasteiger partial charge is 0.319 e. The summed E-state index contributed by atoms with van der Waals surface area (Å²) in [6, 6.07) is 9.65. The first-order chi connectivity index (χ1) is 13.9. The number of nitrogens with one attached hydrogen (secondary N) is 2. The summed E-state index contributed by atoms with van der Waals surface area (Å²) in [5.74, 6) is 0.191. The number of nitrogens with zero attached hydrogens (tertiary/aromatic N) is 1. The summed E-state index contributed by atoms with van der Waals surface area (Å²) < 4.78 is 26.4. The summed E-state index contributed by atoms with van der Waals surface area (Å²) >= 11 is 1.86. The van der Waals surface area contributed by atoms with Gasteiger partial charge in [0, 0.05) is 30.3 Å². The summed E-state index contributed by atoms with van der Waals surface area (Å²) in [6.07, 6.45) is 0.338. The third-order valence-electron chi connectivity index (χ3n) is 4.72. The van der Waals surface area contributed by atoms with Gasteiger partial charge in [0.1, 0.15) is 0 Å². The van der Waals surface area contributed by atoms with Crippen LogP contribution in [0.1, 0.15) is 24.1 Å². The highest BCUT2D eigenvalue weighted by Crippen LogP contribution is 2.17. The molecule has 1 fully saturated rings. The van der Waals surface area contributed by atoms with Gasteiger partial charge >= 0.3 is 6.03 Å². The minimum atomic E-state index is -0.954. The number of hydrogen-bond donors (Lipinski definition) is 2. The predicted octanol–water partition coefficient (Wildman–Crippen LogP) is 3.97. The van der Waals surface area contributed by atoms with Crippen molar-refractivity contribution in [1.82, 2.24) is 10.2 Å². The van der Waals surface area contributed by atoms with Crippen LogP contribution in [0.4, 0.5) is 19.3 Å². The molecule has 1 atom stereocenters. The Morgan fingerprint density at radius 3 is 2.41 bits per heavy atom. The number of amides is 3. The number of rotatable bonds is 5. The van der Waals surface area contributed by atoms with E-state index in [1.807, 2.05) is 28.8 Å². The van der Waals surface area contributed by atoms with Gasteiger partial charge in [0.15, 0.2) is 11.6 Å². The van der Waals surface area contributed by atoms with Gasteiger partial charge in [0.05, 0.1) is 12.5 Å². The fraction of sp³-hybridized carbons (Fsp3) is 0.333. The largest absolute Gasteiger partial charge is 0.341 e. The third kappa shape index (κ3) is 5.93. The number of carbonyl (C=O) groups is 2. The molecule has 0 spiro atoms. The number of urea groups is 1. The maximum atomic E-state index is 13.3. The first-order valence-electron chi connectivity index (χ1n) is 9.39. The SMILES string of the molecule is CC(NC(=O)Nc1ccc(CC(=O)N2CCSCC2)cc1)c1ccc(F)c(F)c1. The average Bonchev–Trinajstić information content (AvgIpc) is 2.72. The molecule has 8 heteroatoms. The zero-order valence-electron chi connectivity index (χ0n) is 16.1. The Labute approximate surface area is 172 Å².